The molecule has 0 saturated heterocycles. The SMILES string of the molecule is CC(=O)OC1CC2CC1c1c2c(O)n(-c2ccccc2)c1O. The van der Waals surface area contributed by atoms with E-state index in [2.05, 4.69) is 0 Å². The first-order valence-electron chi connectivity index (χ1n) is 7.47. The lowest BCUT2D eigenvalue weighted by molar-refractivity contribution is -0.146. The van der Waals surface area contributed by atoms with Crippen molar-refractivity contribution in [1.29, 1.82) is 0 Å². The van der Waals surface area contributed by atoms with E-state index < -0.39 is 0 Å². The maximum Gasteiger partial charge on any atom is 0.302 e. The first-order valence-corrected chi connectivity index (χ1v) is 7.47. The Morgan fingerprint density at radius 1 is 1.14 bits per heavy atom. The standard InChI is InChI=1S/C17H17NO4/c1-9(19)22-13-8-10-7-12(13)15-14(10)16(20)18(17(15)21)11-5-3-2-4-6-11/h2-6,10,12-13,20-21H,7-8H2,1H3. The van der Waals surface area contributed by atoms with Gasteiger partial charge in [-0.2, -0.15) is 0 Å². The average Bonchev–Trinajstić information content (AvgIpc) is 3.11. The Kier molecular flexibility index (Phi) is 2.73. The molecule has 1 aromatic heterocycles. The van der Waals surface area contributed by atoms with Gasteiger partial charge in [0.05, 0.1) is 5.69 Å². The summed E-state index contributed by atoms with van der Waals surface area (Å²) in [5, 5.41) is 21.2. The highest BCUT2D eigenvalue weighted by Crippen LogP contribution is 2.61. The minimum Gasteiger partial charge on any atom is -0.494 e. The van der Waals surface area contributed by atoms with Gasteiger partial charge in [0, 0.05) is 24.0 Å². The molecule has 2 aromatic rings. The molecule has 114 valence electrons. The molecule has 1 saturated carbocycles. The summed E-state index contributed by atoms with van der Waals surface area (Å²) in [6, 6.07) is 9.26. The van der Waals surface area contributed by atoms with E-state index in [-0.39, 0.29) is 35.7 Å². The molecule has 5 nitrogen and oxygen atoms in total. The van der Waals surface area contributed by atoms with Crippen LogP contribution in [0.1, 0.15) is 42.7 Å². The van der Waals surface area contributed by atoms with Crippen molar-refractivity contribution in [3.63, 3.8) is 0 Å². The molecule has 3 unspecified atom stereocenters. The number of hydrogen-bond donors (Lipinski definition) is 2. The van der Waals surface area contributed by atoms with Gasteiger partial charge in [-0.25, -0.2) is 0 Å². The van der Waals surface area contributed by atoms with Crippen LogP contribution < -0.4 is 0 Å². The maximum atomic E-state index is 11.2. The van der Waals surface area contributed by atoms with Crippen LogP contribution in [0.5, 0.6) is 11.8 Å². The highest BCUT2D eigenvalue weighted by molar-refractivity contribution is 5.67. The number of nitrogens with zero attached hydrogens (tertiary/aromatic N) is 1. The van der Waals surface area contributed by atoms with Crippen molar-refractivity contribution in [2.45, 2.75) is 37.7 Å². The van der Waals surface area contributed by atoms with Gasteiger partial charge in [-0.05, 0) is 30.9 Å². The minimum absolute atomic E-state index is 0.0280. The third-order valence-electron chi connectivity index (χ3n) is 4.81. The lowest BCUT2D eigenvalue weighted by Crippen LogP contribution is -2.21. The van der Waals surface area contributed by atoms with Gasteiger partial charge in [0.25, 0.3) is 0 Å². The molecule has 5 heteroatoms. The van der Waals surface area contributed by atoms with Crippen molar-refractivity contribution in [3.8, 4) is 17.4 Å². The number of hydrogen-bond acceptors (Lipinski definition) is 4. The van der Waals surface area contributed by atoms with Crippen molar-refractivity contribution in [2.24, 2.45) is 0 Å². The lowest BCUT2D eigenvalue weighted by atomic mass is 9.92. The number of para-hydroxylation sites is 1. The first kappa shape index (κ1) is 13.2. The van der Waals surface area contributed by atoms with E-state index in [9.17, 15) is 15.0 Å². The molecule has 0 aliphatic heterocycles. The molecule has 0 radical (unpaired) electrons. The van der Waals surface area contributed by atoms with Gasteiger partial charge in [-0.15, -0.1) is 0 Å². The Morgan fingerprint density at radius 3 is 2.50 bits per heavy atom. The zero-order valence-electron chi connectivity index (χ0n) is 12.2. The molecule has 0 amide bonds. The van der Waals surface area contributed by atoms with Gasteiger partial charge in [-0.1, -0.05) is 18.2 Å². The molecule has 4 rings (SSSR count). The van der Waals surface area contributed by atoms with Crippen molar-refractivity contribution in [2.75, 3.05) is 0 Å². The zero-order chi connectivity index (χ0) is 15.4. The van der Waals surface area contributed by atoms with Crippen LogP contribution in [0.4, 0.5) is 0 Å². The fraction of sp³-hybridized carbons (Fsp3) is 0.353. The van der Waals surface area contributed by atoms with Crippen LogP contribution in [0.3, 0.4) is 0 Å². The van der Waals surface area contributed by atoms with E-state index in [1.807, 2.05) is 30.3 Å². The minimum atomic E-state index is -0.301. The second-order valence-corrected chi connectivity index (χ2v) is 6.07. The molecule has 2 N–H and O–H groups in total. The lowest BCUT2D eigenvalue weighted by Gasteiger charge is -2.21. The quantitative estimate of drug-likeness (QED) is 0.836. The third kappa shape index (κ3) is 1.68. The number of carbonyl (C=O) groups is 1. The smallest absolute Gasteiger partial charge is 0.302 e. The fourth-order valence-electron chi connectivity index (χ4n) is 4.05. The van der Waals surface area contributed by atoms with Crippen LogP contribution in [-0.2, 0) is 9.53 Å². The Hall–Kier alpha value is -2.43. The van der Waals surface area contributed by atoms with E-state index in [4.69, 9.17) is 4.74 Å². The summed E-state index contributed by atoms with van der Waals surface area (Å²) in [6.07, 6.45) is 1.33. The zero-order valence-corrected chi connectivity index (χ0v) is 12.2. The number of ether oxygens (including phenoxy) is 1. The van der Waals surface area contributed by atoms with Crippen LogP contribution in [0.15, 0.2) is 30.3 Å². The van der Waals surface area contributed by atoms with Crippen molar-refractivity contribution in [3.05, 3.63) is 41.5 Å². The van der Waals surface area contributed by atoms with Gasteiger partial charge < -0.3 is 14.9 Å². The predicted octanol–water partition coefficient (Wildman–Crippen LogP) is 2.79. The number of aromatic hydroxyl groups is 2. The number of esters is 1. The van der Waals surface area contributed by atoms with E-state index in [0.29, 0.717) is 6.42 Å². The fourth-order valence-corrected chi connectivity index (χ4v) is 4.05. The summed E-state index contributed by atoms with van der Waals surface area (Å²) in [4.78, 5) is 11.2. The molecule has 1 aromatic carbocycles. The molecule has 1 fully saturated rings. The Balaban J connectivity index is 1.81. The first-order chi connectivity index (χ1) is 10.6. The maximum absolute atomic E-state index is 11.2. The molecule has 1 heterocycles. The average molecular weight is 299 g/mol. The van der Waals surface area contributed by atoms with Gasteiger partial charge in [0.2, 0.25) is 11.8 Å². The van der Waals surface area contributed by atoms with Crippen LogP contribution in [0, 0.1) is 0 Å². The van der Waals surface area contributed by atoms with E-state index >= 15 is 0 Å². The summed E-state index contributed by atoms with van der Waals surface area (Å²) < 4.78 is 6.84. The number of fused-ring (bicyclic) bond motifs is 5. The van der Waals surface area contributed by atoms with Crippen LogP contribution in [-0.4, -0.2) is 26.9 Å². The summed E-state index contributed by atoms with van der Waals surface area (Å²) in [5.74, 6) is -0.0270. The number of carbonyl (C=O) groups excluding carboxylic acids is 1. The van der Waals surface area contributed by atoms with Crippen LogP contribution in [0.25, 0.3) is 5.69 Å². The highest BCUT2D eigenvalue weighted by Gasteiger charge is 2.50. The van der Waals surface area contributed by atoms with Gasteiger partial charge >= 0.3 is 5.97 Å². The topological polar surface area (TPSA) is 71.7 Å². The van der Waals surface area contributed by atoms with Crippen molar-refractivity contribution in [1.82, 2.24) is 4.57 Å². The summed E-state index contributed by atoms with van der Waals surface area (Å²) >= 11 is 0. The largest absolute Gasteiger partial charge is 0.494 e. The molecule has 3 atom stereocenters. The Morgan fingerprint density at radius 2 is 1.82 bits per heavy atom. The normalized spacial score (nSPS) is 25.2. The third-order valence-corrected chi connectivity index (χ3v) is 4.81. The predicted molar refractivity (Wildman–Crippen MR) is 79.4 cm³/mol. The van der Waals surface area contributed by atoms with Gasteiger partial charge in [-0.3, -0.25) is 9.36 Å². The van der Waals surface area contributed by atoms with Crippen LogP contribution >= 0.6 is 0 Å². The van der Waals surface area contributed by atoms with Crippen molar-refractivity contribution < 1.29 is 19.7 Å². The second-order valence-electron chi connectivity index (χ2n) is 6.07. The Labute approximate surface area is 127 Å². The number of aromatic nitrogens is 1. The second kappa shape index (κ2) is 4.53. The summed E-state index contributed by atoms with van der Waals surface area (Å²) in [6.45, 7) is 1.40. The molecule has 2 aliphatic carbocycles. The summed E-state index contributed by atoms with van der Waals surface area (Å²) in [5.41, 5.74) is 2.27. The molecule has 0 spiro atoms. The number of benzene rings is 1. The molecule has 2 bridgehead atoms. The molecule has 22 heavy (non-hydrogen) atoms. The Bertz CT molecular complexity index is 750. The monoisotopic (exact) mass is 299 g/mol. The van der Waals surface area contributed by atoms with Crippen molar-refractivity contribution >= 4 is 5.97 Å². The highest BCUT2D eigenvalue weighted by atomic mass is 16.5. The van der Waals surface area contributed by atoms with Gasteiger partial charge in [0.1, 0.15) is 6.10 Å². The van der Waals surface area contributed by atoms with E-state index in [1.54, 1.807) is 0 Å². The summed E-state index contributed by atoms with van der Waals surface area (Å²) in [7, 11) is 0. The molecule has 2 aliphatic rings. The molecular weight excluding hydrogens is 282 g/mol. The van der Waals surface area contributed by atoms with E-state index in [0.717, 1.165) is 23.2 Å². The van der Waals surface area contributed by atoms with E-state index in [1.165, 1.54) is 11.5 Å². The molecular formula is C17H17NO4. The van der Waals surface area contributed by atoms with Crippen LogP contribution in [0.2, 0.25) is 0 Å². The van der Waals surface area contributed by atoms with Gasteiger partial charge in [0.15, 0.2) is 0 Å². The number of rotatable bonds is 2.